The second-order valence-electron chi connectivity index (χ2n) is 7.13. The highest BCUT2D eigenvalue weighted by Gasteiger charge is 2.16. The quantitative estimate of drug-likeness (QED) is 0.112. The number of carbonyl (C=O) groups is 1. The molecule has 0 spiro atoms. The van der Waals surface area contributed by atoms with E-state index in [1.165, 1.54) is 18.2 Å². The third-order valence-corrected chi connectivity index (χ3v) is 5.40. The van der Waals surface area contributed by atoms with Gasteiger partial charge in [-0.3, -0.25) is 15.5 Å². The first kappa shape index (κ1) is 23.3. The number of rotatable bonds is 9. The van der Waals surface area contributed by atoms with E-state index in [9.17, 15) is 14.4 Å². The Hall–Kier alpha value is -3.84. The summed E-state index contributed by atoms with van der Waals surface area (Å²) in [6.07, 6.45) is 6.63. The van der Waals surface area contributed by atoms with E-state index in [-0.39, 0.29) is 27.7 Å². The van der Waals surface area contributed by atoms with Gasteiger partial charge in [-0.15, -0.1) is 0 Å². The second-order valence-corrected chi connectivity index (χ2v) is 7.99. The van der Waals surface area contributed by atoms with Crippen LogP contribution in [0.25, 0.3) is 5.65 Å². The molecule has 34 heavy (non-hydrogen) atoms. The summed E-state index contributed by atoms with van der Waals surface area (Å²) < 4.78 is 20.2. The van der Waals surface area contributed by atoms with Crippen LogP contribution in [0.3, 0.4) is 0 Å². The van der Waals surface area contributed by atoms with Gasteiger partial charge in [-0.2, -0.15) is 0 Å². The number of pyridine rings is 1. The van der Waals surface area contributed by atoms with Crippen molar-refractivity contribution in [3.8, 4) is 0 Å². The number of unbranched alkanes of at least 4 members (excludes halogenated alkanes) is 1. The van der Waals surface area contributed by atoms with Crippen molar-refractivity contribution in [3.63, 3.8) is 0 Å². The maximum atomic E-state index is 13.4. The molecule has 4 rings (SSSR count). The number of nitrogens with zero attached hydrogens (tertiary/aromatic N) is 5. The van der Waals surface area contributed by atoms with E-state index in [0.29, 0.717) is 24.3 Å². The van der Waals surface area contributed by atoms with Crippen LogP contribution in [0.2, 0.25) is 0 Å². The third kappa shape index (κ3) is 5.55. The molecule has 11 nitrogen and oxygen atoms in total. The highest BCUT2D eigenvalue weighted by atomic mass is 79.9. The van der Waals surface area contributed by atoms with Gasteiger partial charge < -0.3 is 15.0 Å². The molecule has 1 aromatic carbocycles. The number of hydroxylamine groups is 1. The molecule has 0 bridgehead atoms. The van der Waals surface area contributed by atoms with Gasteiger partial charge in [0, 0.05) is 31.7 Å². The summed E-state index contributed by atoms with van der Waals surface area (Å²) in [6, 6.07) is 7.66. The van der Waals surface area contributed by atoms with Crippen molar-refractivity contribution in [2.24, 2.45) is 4.99 Å². The summed E-state index contributed by atoms with van der Waals surface area (Å²) >= 11 is 3.09. The predicted octanol–water partition coefficient (Wildman–Crippen LogP) is 3.30. The zero-order chi connectivity index (χ0) is 23.9. The number of amidine groups is 1. The number of anilines is 1. The SMILES string of the molecule is O=C(NCCCCNc1nonc1C(=Nc1ccc(F)c(Br)c1)NO)c1ccc2nccn2c1. The number of nitrogens with one attached hydrogen (secondary N) is 3. The van der Waals surface area contributed by atoms with Crippen LogP contribution in [-0.4, -0.2) is 49.7 Å². The zero-order valence-corrected chi connectivity index (χ0v) is 19.3. The molecule has 13 heteroatoms. The lowest BCUT2D eigenvalue weighted by atomic mass is 10.2. The Labute approximate surface area is 201 Å². The van der Waals surface area contributed by atoms with Crippen molar-refractivity contribution in [2.45, 2.75) is 12.8 Å². The van der Waals surface area contributed by atoms with Gasteiger partial charge >= 0.3 is 0 Å². The van der Waals surface area contributed by atoms with Crippen LogP contribution in [0.5, 0.6) is 0 Å². The molecule has 0 aliphatic heterocycles. The summed E-state index contributed by atoms with van der Waals surface area (Å²) in [4.78, 5) is 20.7. The molecule has 0 aliphatic carbocycles. The Morgan fingerprint density at radius 2 is 2.06 bits per heavy atom. The summed E-state index contributed by atoms with van der Waals surface area (Å²) in [5, 5.41) is 23.0. The lowest BCUT2D eigenvalue weighted by Gasteiger charge is -2.07. The lowest BCUT2D eigenvalue weighted by Crippen LogP contribution is -2.25. The third-order valence-electron chi connectivity index (χ3n) is 4.80. The maximum absolute atomic E-state index is 13.4. The number of hydrogen-bond acceptors (Lipinski definition) is 8. The number of aliphatic imine (C=N–C) groups is 1. The highest BCUT2D eigenvalue weighted by molar-refractivity contribution is 9.10. The molecule has 4 N–H and O–H groups in total. The van der Waals surface area contributed by atoms with Crippen molar-refractivity contribution in [1.29, 1.82) is 0 Å². The number of fused-ring (bicyclic) bond motifs is 1. The van der Waals surface area contributed by atoms with E-state index in [4.69, 9.17) is 4.63 Å². The molecule has 1 amide bonds. The molecule has 0 atom stereocenters. The average Bonchev–Trinajstić information content (AvgIpc) is 3.50. The minimum atomic E-state index is -0.432. The molecular formula is C21H20BrFN8O3. The Balaban J connectivity index is 1.26. The molecule has 0 fully saturated rings. The summed E-state index contributed by atoms with van der Waals surface area (Å²) in [5.74, 6) is -0.337. The van der Waals surface area contributed by atoms with Crippen LogP contribution >= 0.6 is 15.9 Å². The normalized spacial score (nSPS) is 11.6. The number of amides is 1. The van der Waals surface area contributed by atoms with Crippen LogP contribution in [-0.2, 0) is 0 Å². The van der Waals surface area contributed by atoms with E-state index < -0.39 is 5.82 Å². The number of hydrogen-bond donors (Lipinski definition) is 4. The van der Waals surface area contributed by atoms with Gasteiger partial charge in [-0.05, 0) is 69.4 Å². The van der Waals surface area contributed by atoms with Crippen molar-refractivity contribution >= 4 is 44.8 Å². The van der Waals surface area contributed by atoms with Crippen LogP contribution in [0.4, 0.5) is 15.9 Å². The Morgan fingerprint density at radius 3 is 2.88 bits per heavy atom. The van der Waals surface area contributed by atoms with Crippen LogP contribution in [0.15, 0.2) is 63.0 Å². The first-order valence-corrected chi connectivity index (χ1v) is 11.1. The number of imidazole rings is 1. The van der Waals surface area contributed by atoms with E-state index in [2.05, 4.69) is 46.9 Å². The van der Waals surface area contributed by atoms with Crippen molar-refractivity contribution in [2.75, 3.05) is 18.4 Å². The Kier molecular flexibility index (Phi) is 7.44. The fraction of sp³-hybridized carbons (Fsp3) is 0.190. The summed E-state index contributed by atoms with van der Waals surface area (Å²) in [5.41, 5.74) is 3.83. The van der Waals surface area contributed by atoms with Gasteiger partial charge in [0.05, 0.1) is 15.7 Å². The van der Waals surface area contributed by atoms with E-state index >= 15 is 0 Å². The number of aromatic nitrogens is 4. The van der Waals surface area contributed by atoms with E-state index in [0.717, 1.165) is 18.5 Å². The lowest BCUT2D eigenvalue weighted by molar-refractivity contribution is 0.0952. The van der Waals surface area contributed by atoms with Gasteiger partial charge in [-0.1, -0.05) is 0 Å². The van der Waals surface area contributed by atoms with E-state index in [1.54, 1.807) is 35.1 Å². The molecule has 3 heterocycles. The molecule has 0 aliphatic rings. The topological polar surface area (TPSA) is 142 Å². The second kappa shape index (κ2) is 10.9. The summed E-state index contributed by atoms with van der Waals surface area (Å²) in [7, 11) is 0. The minimum Gasteiger partial charge on any atom is -0.365 e. The van der Waals surface area contributed by atoms with Gasteiger partial charge in [0.1, 0.15) is 11.5 Å². The average molecular weight is 531 g/mol. The van der Waals surface area contributed by atoms with Gasteiger partial charge in [-0.25, -0.2) is 19.0 Å². The number of halogens is 2. The number of benzene rings is 1. The monoisotopic (exact) mass is 530 g/mol. The fourth-order valence-corrected chi connectivity index (χ4v) is 3.46. The highest BCUT2D eigenvalue weighted by Crippen LogP contribution is 2.23. The van der Waals surface area contributed by atoms with Gasteiger partial charge in [0.15, 0.2) is 11.5 Å². The van der Waals surface area contributed by atoms with Crippen molar-refractivity contribution < 1.29 is 19.0 Å². The summed E-state index contributed by atoms with van der Waals surface area (Å²) in [6.45, 7) is 1.01. The van der Waals surface area contributed by atoms with Crippen molar-refractivity contribution in [1.82, 2.24) is 30.5 Å². The zero-order valence-electron chi connectivity index (χ0n) is 17.7. The maximum Gasteiger partial charge on any atom is 0.252 e. The van der Waals surface area contributed by atoms with Gasteiger partial charge in [0.25, 0.3) is 5.91 Å². The predicted molar refractivity (Wildman–Crippen MR) is 125 cm³/mol. The van der Waals surface area contributed by atoms with Crippen LogP contribution in [0, 0.1) is 5.82 Å². The Morgan fingerprint density at radius 1 is 1.21 bits per heavy atom. The largest absolute Gasteiger partial charge is 0.365 e. The molecule has 0 saturated heterocycles. The van der Waals surface area contributed by atoms with Gasteiger partial charge in [0.2, 0.25) is 5.82 Å². The number of carbonyl (C=O) groups excluding carboxylic acids is 1. The van der Waals surface area contributed by atoms with Crippen molar-refractivity contribution in [3.05, 3.63) is 70.5 Å². The molecule has 3 aromatic heterocycles. The fourth-order valence-electron chi connectivity index (χ4n) is 3.09. The first-order valence-electron chi connectivity index (χ1n) is 10.3. The molecular weight excluding hydrogens is 511 g/mol. The molecule has 176 valence electrons. The van der Waals surface area contributed by atoms with Crippen LogP contribution in [0.1, 0.15) is 28.9 Å². The minimum absolute atomic E-state index is 0.0237. The Bertz CT molecular complexity index is 1320. The molecule has 0 unspecified atom stereocenters. The first-order chi connectivity index (χ1) is 16.5. The molecule has 0 radical (unpaired) electrons. The molecule has 0 saturated carbocycles. The molecule has 4 aromatic rings. The van der Waals surface area contributed by atoms with Crippen LogP contribution < -0.4 is 16.1 Å². The van der Waals surface area contributed by atoms with E-state index in [1.807, 2.05) is 5.48 Å². The standard InChI is InChI=1S/C21H20BrFN8O3/c22-15-11-14(4-5-16(15)23)27-20(28-33)18-19(30-34-29-18)25-7-1-2-8-26-21(32)13-3-6-17-24-9-10-31(17)12-13/h3-6,9-12,33H,1-2,7-8H2,(H,25,30)(H,26,32)(H,27,28). The smallest absolute Gasteiger partial charge is 0.252 e.